The van der Waals surface area contributed by atoms with Gasteiger partial charge in [-0.15, -0.1) is 0 Å². The van der Waals surface area contributed by atoms with E-state index < -0.39 is 0 Å². The van der Waals surface area contributed by atoms with E-state index >= 15 is 0 Å². The van der Waals surface area contributed by atoms with E-state index in [-0.39, 0.29) is 53.1 Å². The summed E-state index contributed by atoms with van der Waals surface area (Å²) < 4.78 is 0. The number of carbonyl (C=O) groups is 4. The van der Waals surface area contributed by atoms with Crippen molar-refractivity contribution in [2.75, 3.05) is 9.80 Å². The highest BCUT2D eigenvalue weighted by Gasteiger charge is 2.38. The summed E-state index contributed by atoms with van der Waals surface area (Å²) >= 11 is 0. The van der Waals surface area contributed by atoms with Crippen molar-refractivity contribution in [2.24, 2.45) is 23.7 Å². The van der Waals surface area contributed by atoms with Crippen LogP contribution in [-0.2, 0) is 19.2 Å². The number of rotatable bonds is 6. The van der Waals surface area contributed by atoms with Crippen molar-refractivity contribution in [3.05, 3.63) is 30.5 Å². The van der Waals surface area contributed by atoms with Crippen molar-refractivity contribution in [1.29, 1.82) is 0 Å². The summed E-state index contributed by atoms with van der Waals surface area (Å²) in [7, 11) is 0. The van der Waals surface area contributed by atoms with Gasteiger partial charge in [-0.1, -0.05) is 69.9 Å². The lowest BCUT2D eigenvalue weighted by molar-refractivity contribution is -0.132. The third-order valence-electron chi connectivity index (χ3n) is 9.53. The molecule has 4 aliphatic carbocycles. The quantitative estimate of drug-likeness (QED) is 0.286. The lowest BCUT2D eigenvalue weighted by atomic mass is 9.85. The van der Waals surface area contributed by atoms with E-state index in [1.807, 2.05) is 12.2 Å². The third-order valence-corrected chi connectivity index (χ3v) is 9.53. The molecule has 216 valence electrons. The Morgan fingerprint density at radius 1 is 0.600 bits per heavy atom. The van der Waals surface area contributed by atoms with Crippen molar-refractivity contribution < 1.29 is 19.2 Å². The highest BCUT2D eigenvalue weighted by atomic mass is 16.2. The first-order chi connectivity index (χ1) is 19.5. The molecule has 4 aliphatic rings. The van der Waals surface area contributed by atoms with Crippen LogP contribution in [0, 0.1) is 23.7 Å². The lowest BCUT2D eigenvalue weighted by Gasteiger charge is -2.33. The summed E-state index contributed by atoms with van der Waals surface area (Å²) in [5, 5.41) is 0. The van der Waals surface area contributed by atoms with Crippen LogP contribution < -0.4 is 9.80 Å². The van der Waals surface area contributed by atoms with Crippen molar-refractivity contribution in [3.63, 3.8) is 0 Å². The molecular formula is C33H45N3O4. The number of aromatic nitrogens is 1. The van der Waals surface area contributed by atoms with E-state index in [2.05, 4.69) is 4.98 Å². The molecule has 40 heavy (non-hydrogen) atoms. The maximum absolute atomic E-state index is 14.0. The van der Waals surface area contributed by atoms with Gasteiger partial charge in [-0.25, -0.2) is 14.8 Å². The van der Waals surface area contributed by atoms with Crippen LogP contribution in [0.25, 0.3) is 0 Å². The Bertz CT molecular complexity index is 1070. The van der Waals surface area contributed by atoms with E-state index in [1.165, 1.54) is 9.80 Å². The van der Waals surface area contributed by atoms with Gasteiger partial charge in [0, 0.05) is 30.0 Å². The fourth-order valence-electron chi connectivity index (χ4n) is 7.15. The molecule has 3 fully saturated rings. The second-order valence-corrected chi connectivity index (χ2v) is 12.4. The summed E-state index contributed by atoms with van der Waals surface area (Å²) in [5.74, 6) is -1.42. The molecule has 0 spiro atoms. The van der Waals surface area contributed by atoms with Crippen molar-refractivity contribution in [2.45, 2.75) is 116 Å². The van der Waals surface area contributed by atoms with Crippen LogP contribution in [0.5, 0.6) is 0 Å². The number of hydrogen-bond donors (Lipinski definition) is 0. The van der Waals surface area contributed by atoms with Gasteiger partial charge in [-0.2, -0.15) is 0 Å². The molecule has 3 saturated carbocycles. The second-order valence-electron chi connectivity index (χ2n) is 12.4. The molecule has 0 radical (unpaired) electrons. The van der Waals surface area contributed by atoms with Crippen LogP contribution in [0.3, 0.4) is 0 Å². The molecule has 1 unspecified atom stereocenters. The molecule has 0 bridgehead atoms. The highest BCUT2D eigenvalue weighted by Crippen LogP contribution is 2.35. The molecule has 1 atom stereocenters. The van der Waals surface area contributed by atoms with Gasteiger partial charge in [-0.3, -0.25) is 19.2 Å². The van der Waals surface area contributed by atoms with E-state index in [0.29, 0.717) is 12.1 Å². The normalized spacial score (nSPS) is 22.9. The van der Waals surface area contributed by atoms with Gasteiger partial charge in [0.1, 0.15) is 5.82 Å². The van der Waals surface area contributed by atoms with Gasteiger partial charge < -0.3 is 0 Å². The summed E-state index contributed by atoms with van der Waals surface area (Å²) in [5.41, 5.74) is 0.435. The number of hydrogen-bond acceptors (Lipinski definition) is 5. The number of amides is 4. The molecule has 5 rings (SSSR count). The van der Waals surface area contributed by atoms with E-state index in [9.17, 15) is 19.2 Å². The first-order valence-corrected chi connectivity index (χ1v) is 15.9. The Kier molecular flexibility index (Phi) is 9.82. The average molecular weight is 548 g/mol. The van der Waals surface area contributed by atoms with Gasteiger partial charge in [-0.05, 0) is 63.9 Å². The minimum Gasteiger partial charge on any atom is -0.274 e. The summed E-state index contributed by atoms with van der Waals surface area (Å²) in [6, 6.07) is 3.34. The Balaban J connectivity index is 1.50. The molecule has 7 heteroatoms. The predicted octanol–water partition coefficient (Wildman–Crippen LogP) is 6.90. The van der Waals surface area contributed by atoms with Crippen molar-refractivity contribution in [3.8, 4) is 0 Å². The maximum Gasteiger partial charge on any atom is 0.241 e. The van der Waals surface area contributed by atoms with Crippen LogP contribution in [0.1, 0.15) is 116 Å². The third kappa shape index (κ3) is 6.55. The fourth-order valence-corrected chi connectivity index (χ4v) is 7.15. The number of imide groups is 2. The Hall–Kier alpha value is -2.83. The van der Waals surface area contributed by atoms with Gasteiger partial charge in [0.2, 0.25) is 23.6 Å². The summed E-state index contributed by atoms with van der Waals surface area (Å²) in [6.45, 7) is 0. The van der Waals surface area contributed by atoms with Crippen molar-refractivity contribution >= 4 is 35.1 Å². The molecule has 0 N–H and O–H groups in total. The number of anilines is 2. The van der Waals surface area contributed by atoms with Crippen LogP contribution in [0.4, 0.5) is 11.5 Å². The van der Waals surface area contributed by atoms with Crippen LogP contribution in [0.15, 0.2) is 30.5 Å². The summed E-state index contributed by atoms with van der Waals surface area (Å²) in [6.07, 6.45) is 22.1. The average Bonchev–Trinajstić information content (AvgIpc) is 3.03. The molecule has 1 heterocycles. The number of pyridine rings is 1. The van der Waals surface area contributed by atoms with E-state index in [0.717, 1.165) is 109 Å². The zero-order chi connectivity index (χ0) is 27.9. The Labute approximate surface area is 238 Å². The Morgan fingerprint density at radius 3 is 1.57 bits per heavy atom. The van der Waals surface area contributed by atoms with Crippen molar-refractivity contribution in [1.82, 2.24) is 4.98 Å². The van der Waals surface area contributed by atoms with Crippen LogP contribution in [-0.4, -0.2) is 28.6 Å². The molecule has 1 aromatic rings. The van der Waals surface area contributed by atoms with E-state index in [1.54, 1.807) is 18.3 Å². The lowest BCUT2D eigenvalue weighted by Crippen LogP contribution is -2.46. The number of carbonyl (C=O) groups excluding carboxylic acids is 4. The predicted molar refractivity (Wildman–Crippen MR) is 155 cm³/mol. The molecule has 0 aliphatic heterocycles. The number of allylic oxidation sites excluding steroid dienone is 1. The molecular weight excluding hydrogens is 502 g/mol. The largest absolute Gasteiger partial charge is 0.274 e. The van der Waals surface area contributed by atoms with Crippen LogP contribution >= 0.6 is 0 Å². The first kappa shape index (κ1) is 28.7. The topological polar surface area (TPSA) is 87.7 Å². The zero-order valence-corrected chi connectivity index (χ0v) is 23.9. The van der Waals surface area contributed by atoms with Crippen LogP contribution in [0.2, 0.25) is 0 Å². The van der Waals surface area contributed by atoms with Gasteiger partial charge in [0.25, 0.3) is 0 Å². The standard InChI is InChI=1S/C33H45N3O4/c37-30(24-13-5-1-6-14-24)35(31(38)25-15-7-2-8-16-25)28-21-22-34-29(23-28)36(32(39)26-17-9-3-10-18-26)33(40)27-19-11-4-12-20-27/h9,17,21-27H,1-8,10-16,18-20H2. The fraction of sp³-hybridized carbons (Fsp3) is 0.667. The second kappa shape index (κ2) is 13.7. The smallest absolute Gasteiger partial charge is 0.241 e. The monoisotopic (exact) mass is 547 g/mol. The van der Waals surface area contributed by atoms with Gasteiger partial charge in [0.15, 0.2) is 0 Å². The first-order valence-electron chi connectivity index (χ1n) is 15.9. The summed E-state index contributed by atoms with van der Waals surface area (Å²) in [4.78, 5) is 62.9. The van der Waals surface area contributed by atoms with E-state index in [4.69, 9.17) is 0 Å². The zero-order valence-electron chi connectivity index (χ0n) is 23.9. The molecule has 7 nitrogen and oxygen atoms in total. The van der Waals surface area contributed by atoms with Gasteiger partial charge >= 0.3 is 0 Å². The number of nitrogens with zero attached hydrogens (tertiary/aromatic N) is 3. The molecule has 4 amide bonds. The minimum atomic E-state index is -0.365. The minimum absolute atomic E-state index is 0.140. The molecule has 0 saturated heterocycles. The maximum atomic E-state index is 14.0. The SMILES string of the molecule is O=C(C1CCCCC1)N(C(=O)C1CCCCC1)c1ccnc(N(C(=O)C2C=CCCC2)C(=O)C2CCCCC2)c1. The molecule has 1 aromatic heterocycles. The highest BCUT2D eigenvalue weighted by molar-refractivity contribution is 6.18. The Morgan fingerprint density at radius 2 is 1.10 bits per heavy atom. The van der Waals surface area contributed by atoms with Gasteiger partial charge in [0.05, 0.1) is 11.6 Å². The molecule has 0 aromatic carbocycles.